The maximum absolute atomic E-state index is 10.6. The van der Waals surface area contributed by atoms with Gasteiger partial charge in [-0.25, -0.2) is 4.98 Å². The first kappa shape index (κ1) is 8.62. The summed E-state index contributed by atoms with van der Waals surface area (Å²) in [4.78, 5) is 14.5. The molecule has 1 heterocycles. The van der Waals surface area contributed by atoms with Gasteiger partial charge in [-0.2, -0.15) is 0 Å². The van der Waals surface area contributed by atoms with E-state index in [4.69, 9.17) is 0 Å². The third-order valence-electron chi connectivity index (χ3n) is 2.01. The Kier molecular flexibility index (Phi) is 2.10. The number of benzene rings is 1. The molecule has 1 aromatic carbocycles. The molecule has 0 N–H and O–H groups in total. The second-order valence-corrected chi connectivity index (χ2v) is 3.05. The van der Waals surface area contributed by atoms with E-state index in [-0.39, 0.29) is 0 Å². The van der Waals surface area contributed by atoms with Crippen molar-refractivity contribution in [3.8, 4) is 5.69 Å². The molecular weight excluding hydrogens is 178 g/mol. The second kappa shape index (κ2) is 3.41. The minimum absolute atomic E-state index is 0.425. The fourth-order valence-electron chi connectivity index (χ4n) is 1.32. The smallest absolute Gasteiger partial charge is 0.132 e. The quantitative estimate of drug-likeness (QED) is 0.678. The maximum Gasteiger partial charge on any atom is 0.132 e. The lowest BCUT2D eigenvalue weighted by Crippen LogP contribution is -1.90. The number of hydrogen-bond acceptors (Lipinski definition) is 3. The first-order chi connectivity index (χ1) is 6.81. The van der Waals surface area contributed by atoms with Crippen molar-refractivity contribution in [2.45, 2.75) is 6.92 Å². The van der Waals surface area contributed by atoms with Crippen LogP contribution in [0, 0.1) is 11.8 Å². The van der Waals surface area contributed by atoms with Crippen molar-refractivity contribution < 1.29 is 0 Å². The number of imidazole rings is 1. The van der Waals surface area contributed by atoms with Gasteiger partial charge in [-0.15, -0.1) is 4.91 Å². The molecule has 2 aromatic rings. The molecule has 14 heavy (non-hydrogen) atoms. The molecular formula is C10H9N3O. The average Bonchev–Trinajstić information content (AvgIpc) is 2.70. The van der Waals surface area contributed by atoms with Crippen LogP contribution in [-0.2, 0) is 0 Å². The molecule has 0 saturated heterocycles. The van der Waals surface area contributed by atoms with Crippen molar-refractivity contribution in [2.24, 2.45) is 5.18 Å². The second-order valence-electron chi connectivity index (χ2n) is 3.05. The zero-order valence-electron chi connectivity index (χ0n) is 7.71. The van der Waals surface area contributed by atoms with E-state index in [2.05, 4.69) is 10.2 Å². The molecule has 0 saturated carbocycles. The topological polar surface area (TPSA) is 47.2 Å². The van der Waals surface area contributed by atoms with Gasteiger partial charge in [-0.3, -0.25) is 0 Å². The van der Waals surface area contributed by atoms with Crippen molar-refractivity contribution >= 4 is 5.69 Å². The molecule has 0 aliphatic carbocycles. The molecule has 0 spiro atoms. The lowest BCUT2D eigenvalue weighted by Gasteiger charge is -2.04. The minimum Gasteiger partial charge on any atom is -0.304 e. The van der Waals surface area contributed by atoms with Gasteiger partial charge >= 0.3 is 0 Å². The van der Waals surface area contributed by atoms with Crippen molar-refractivity contribution in [3.05, 3.63) is 47.4 Å². The predicted molar refractivity (Wildman–Crippen MR) is 53.8 cm³/mol. The number of aromatic nitrogens is 2. The summed E-state index contributed by atoms with van der Waals surface area (Å²) in [5.74, 6) is 0. The highest BCUT2D eigenvalue weighted by molar-refractivity contribution is 5.58. The summed E-state index contributed by atoms with van der Waals surface area (Å²) in [5.41, 5.74) is 2.27. The third-order valence-corrected chi connectivity index (χ3v) is 2.01. The van der Waals surface area contributed by atoms with Crippen LogP contribution < -0.4 is 0 Å². The lowest BCUT2D eigenvalue weighted by molar-refractivity contribution is 1.05. The highest BCUT2D eigenvalue weighted by Crippen LogP contribution is 2.23. The monoisotopic (exact) mass is 187 g/mol. The first-order valence-corrected chi connectivity index (χ1v) is 4.23. The molecule has 4 nitrogen and oxygen atoms in total. The van der Waals surface area contributed by atoms with Crippen LogP contribution in [0.2, 0.25) is 0 Å². The van der Waals surface area contributed by atoms with Gasteiger partial charge < -0.3 is 4.57 Å². The highest BCUT2D eigenvalue weighted by atomic mass is 16.3. The van der Waals surface area contributed by atoms with Crippen LogP contribution in [0.3, 0.4) is 0 Å². The molecule has 0 aliphatic rings. The van der Waals surface area contributed by atoms with Gasteiger partial charge in [0.15, 0.2) is 0 Å². The summed E-state index contributed by atoms with van der Waals surface area (Å²) in [6.45, 7) is 1.97. The number of nitroso groups, excluding NO2 is 1. The van der Waals surface area contributed by atoms with Gasteiger partial charge in [0.25, 0.3) is 0 Å². The summed E-state index contributed by atoms with van der Waals surface area (Å²) in [6, 6.07) is 5.47. The predicted octanol–water partition coefficient (Wildman–Crippen LogP) is 2.58. The fraction of sp³-hybridized carbons (Fsp3) is 0.100. The van der Waals surface area contributed by atoms with Crippen molar-refractivity contribution in [2.75, 3.05) is 0 Å². The Hall–Kier alpha value is -1.97. The van der Waals surface area contributed by atoms with Crippen LogP contribution in [-0.4, -0.2) is 9.55 Å². The van der Waals surface area contributed by atoms with E-state index in [9.17, 15) is 4.91 Å². The standard InChI is InChI=1S/C10H9N3O/c1-8-2-3-9(12-14)10(6-8)13-5-4-11-7-13/h2-7H,1H3. The molecule has 0 aliphatic heterocycles. The fourth-order valence-corrected chi connectivity index (χ4v) is 1.32. The lowest BCUT2D eigenvalue weighted by atomic mass is 10.2. The number of aryl methyl sites for hydroxylation is 1. The molecule has 0 unspecified atom stereocenters. The Labute approximate surface area is 81.2 Å². The Morgan fingerprint density at radius 3 is 2.93 bits per heavy atom. The minimum atomic E-state index is 0.425. The van der Waals surface area contributed by atoms with Gasteiger partial charge in [-0.05, 0) is 29.8 Å². The number of hydrogen-bond donors (Lipinski definition) is 0. The van der Waals surface area contributed by atoms with E-state index in [0.717, 1.165) is 11.3 Å². The van der Waals surface area contributed by atoms with Crippen LogP contribution in [0.1, 0.15) is 5.56 Å². The van der Waals surface area contributed by atoms with E-state index in [0.29, 0.717) is 5.69 Å². The summed E-state index contributed by atoms with van der Waals surface area (Å²) < 4.78 is 1.77. The summed E-state index contributed by atoms with van der Waals surface area (Å²) >= 11 is 0. The summed E-state index contributed by atoms with van der Waals surface area (Å²) in [7, 11) is 0. The molecule has 0 radical (unpaired) electrons. The molecule has 2 rings (SSSR count). The van der Waals surface area contributed by atoms with Crippen LogP contribution in [0.4, 0.5) is 5.69 Å². The Balaban J connectivity index is 2.61. The van der Waals surface area contributed by atoms with E-state index >= 15 is 0 Å². The van der Waals surface area contributed by atoms with Gasteiger partial charge in [0.1, 0.15) is 5.69 Å². The Bertz CT molecular complexity index is 448. The van der Waals surface area contributed by atoms with Crippen LogP contribution in [0.5, 0.6) is 0 Å². The Morgan fingerprint density at radius 2 is 2.29 bits per heavy atom. The summed E-state index contributed by atoms with van der Waals surface area (Å²) in [6.07, 6.45) is 5.09. The number of rotatable bonds is 2. The van der Waals surface area contributed by atoms with E-state index in [1.165, 1.54) is 0 Å². The van der Waals surface area contributed by atoms with E-state index < -0.39 is 0 Å². The van der Waals surface area contributed by atoms with Gasteiger partial charge in [0.2, 0.25) is 0 Å². The van der Waals surface area contributed by atoms with E-state index in [1.54, 1.807) is 29.4 Å². The zero-order chi connectivity index (χ0) is 9.97. The zero-order valence-corrected chi connectivity index (χ0v) is 7.71. The Morgan fingerprint density at radius 1 is 1.43 bits per heavy atom. The van der Waals surface area contributed by atoms with Crippen molar-refractivity contribution in [1.29, 1.82) is 0 Å². The van der Waals surface area contributed by atoms with Crippen LogP contribution in [0.25, 0.3) is 5.69 Å². The van der Waals surface area contributed by atoms with Crippen LogP contribution in [0.15, 0.2) is 42.1 Å². The van der Waals surface area contributed by atoms with Gasteiger partial charge in [0, 0.05) is 12.4 Å². The first-order valence-electron chi connectivity index (χ1n) is 4.23. The molecule has 0 atom stereocenters. The molecule has 70 valence electrons. The summed E-state index contributed by atoms with van der Waals surface area (Å²) in [5, 5.41) is 2.97. The van der Waals surface area contributed by atoms with Gasteiger partial charge in [-0.1, -0.05) is 6.07 Å². The van der Waals surface area contributed by atoms with Crippen molar-refractivity contribution in [3.63, 3.8) is 0 Å². The number of nitrogens with zero attached hydrogens (tertiary/aromatic N) is 3. The van der Waals surface area contributed by atoms with E-state index in [1.807, 2.05) is 19.1 Å². The highest BCUT2D eigenvalue weighted by Gasteiger charge is 2.04. The molecule has 4 heteroatoms. The maximum atomic E-state index is 10.6. The molecule has 1 aromatic heterocycles. The molecule has 0 fully saturated rings. The SMILES string of the molecule is Cc1ccc(N=O)c(-n2ccnc2)c1. The van der Waals surface area contributed by atoms with Gasteiger partial charge in [0.05, 0.1) is 12.0 Å². The van der Waals surface area contributed by atoms with Crippen molar-refractivity contribution in [1.82, 2.24) is 9.55 Å². The third kappa shape index (κ3) is 1.42. The normalized spacial score (nSPS) is 10.1. The average molecular weight is 187 g/mol. The van der Waals surface area contributed by atoms with Crippen LogP contribution >= 0.6 is 0 Å². The molecule has 0 amide bonds. The molecule has 0 bridgehead atoms. The largest absolute Gasteiger partial charge is 0.304 e.